The van der Waals surface area contributed by atoms with E-state index in [-0.39, 0.29) is 36.2 Å². The number of aliphatic carboxylic acids is 1. The third-order valence-electron chi connectivity index (χ3n) is 3.57. The summed E-state index contributed by atoms with van der Waals surface area (Å²) in [6, 6.07) is -0.351. The molecule has 6 heteroatoms. The van der Waals surface area contributed by atoms with Gasteiger partial charge in [-0.25, -0.2) is 4.79 Å². The zero-order valence-corrected chi connectivity index (χ0v) is 11.7. The van der Waals surface area contributed by atoms with Crippen molar-refractivity contribution in [2.75, 3.05) is 13.1 Å². The summed E-state index contributed by atoms with van der Waals surface area (Å²) < 4.78 is 0. The monoisotopic (exact) mass is 270 g/mol. The maximum Gasteiger partial charge on any atom is 0.324 e. The standard InChI is InChI=1S/C13H22N2O4/c1-13(2,3)9(4-5-11(17)18)6-7-15-10(16)8-14-12(15)19/h9H,4-8H2,1-3H3,(H,14,19)(H,17,18). The number of carboxylic acids is 1. The van der Waals surface area contributed by atoms with Gasteiger partial charge >= 0.3 is 12.0 Å². The molecule has 0 aliphatic carbocycles. The van der Waals surface area contributed by atoms with Crippen molar-refractivity contribution in [1.29, 1.82) is 0 Å². The van der Waals surface area contributed by atoms with Gasteiger partial charge in [-0.15, -0.1) is 0 Å². The molecule has 3 amide bonds. The van der Waals surface area contributed by atoms with Crippen LogP contribution >= 0.6 is 0 Å². The lowest BCUT2D eigenvalue weighted by atomic mass is 9.76. The highest BCUT2D eigenvalue weighted by Gasteiger charge is 2.31. The lowest BCUT2D eigenvalue weighted by Gasteiger charge is -2.31. The molecule has 0 saturated carbocycles. The number of hydrogen-bond donors (Lipinski definition) is 2. The molecule has 1 rings (SSSR count). The van der Waals surface area contributed by atoms with Gasteiger partial charge in [0, 0.05) is 13.0 Å². The summed E-state index contributed by atoms with van der Waals surface area (Å²) >= 11 is 0. The van der Waals surface area contributed by atoms with E-state index < -0.39 is 5.97 Å². The maximum absolute atomic E-state index is 11.5. The molecule has 6 nitrogen and oxygen atoms in total. The Morgan fingerprint density at radius 1 is 1.37 bits per heavy atom. The van der Waals surface area contributed by atoms with Gasteiger partial charge in [0.1, 0.15) is 0 Å². The molecular formula is C13H22N2O4. The third kappa shape index (κ3) is 4.54. The van der Waals surface area contributed by atoms with Crippen LogP contribution in [0.3, 0.4) is 0 Å². The number of imide groups is 1. The number of nitrogens with one attached hydrogen (secondary N) is 1. The van der Waals surface area contributed by atoms with E-state index in [1.54, 1.807) is 0 Å². The van der Waals surface area contributed by atoms with Gasteiger partial charge in [0.25, 0.3) is 0 Å². The average molecular weight is 270 g/mol. The second kappa shape index (κ2) is 6.04. The highest BCUT2D eigenvalue weighted by Crippen LogP contribution is 2.32. The van der Waals surface area contributed by atoms with Crippen molar-refractivity contribution in [3.8, 4) is 0 Å². The van der Waals surface area contributed by atoms with Crippen molar-refractivity contribution in [3.63, 3.8) is 0 Å². The first-order valence-corrected chi connectivity index (χ1v) is 6.52. The number of carbonyl (C=O) groups excluding carboxylic acids is 2. The van der Waals surface area contributed by atoms with E-state index in [1.165, 1.54) is 4.90 Å². The van der Waals surface area contributed by atoms with Crippen LogP contribution in [0.25, 0.3) is 0 Å². The molecule has 2 N–H and O–H groups in total. The van der Waals surface area contributed by atoms with E-state index in [9.17, 15) is 14.4 Å². The highest BCUT2D eigenvalue weighted by atomic mass is 16.4. The molecule has 1 unspecified atom stereocenters. The first-order chi connectivity index (χ1) is 8.71. The van der Waals surface area contributed by atoms with Gasteiger partial charge in [0.05, 0.1) is 6.54 Å². The Kier molecular flexibility index (Phi) is 4.91. The van der Waals surface area contributed by atoms with Gasteiger partial charge in [0.2, 0.25) is 5.91 Å². The first-order valence-electron chi connectivity index (χ1n) is 6.52. The van der Waals surface area contributed by atoms with E-state index in [0.29, 0.717) is 19.4 Å². The lowest BCUT2D eigenvalue weighted by molar-refractivity contribution is -0.137. The van der Waals surface area contributed by atoms with Crippen LogP contribution in [-0.4, -0.2) is 41.0 Å². The lowest BCUT2D eigenvalue weighted by Crippen LogP contribution is -2.34. The van der Waals surface area contributed by atoms with Crippen LogP contribution in [0, 0.1) is 11.3 Å². The molecular weight excluding hydrogens is 248 g/mol. The van der Waals surface area contributed by atoms with E-state index in [2.05, 4.69) is 5.32 Å². The fraction of sp³-hybridized carbons (Fsp3) is 0.769. The minimum Gasteiger partial charge on any atom is -0.481 e. The molecule has 108 valence electrons. The predicted molar refractivity (Wildman–Crippen MR) is 69.5 cm³/mol. The highest BCUT2D eigenvalue weighted by molar-refractivity contribution is 6.01. The molecule has 1 saturated heterocycles. The molecule has 1 aliphatic rings. The fourth-order valence-electron chi connectivity index (χ4n) is 2.27. The number of urea groups is 1. The molecule has 1 fully saturated rings. The summed E-state index contributed by atoms with van der Waals surface area (Å²) in [4.78, 5) is 34.7. The molecule has 19 heavy (non-hydrogen) atoms. The third-order valence-corrected chi connectivity index (χ3v) is 3.57. The Labute approximate surface area is 113 Å². The van der Waals surface area contributed by atoms with Crippen LogP contribution < -0.4 is 5.32 Å². The van der Waals surface area contributed by atoms with Crippen molar-refractivity contribution < 1.29 is 19.5 Å². The number of rotatable bonds is 6. The summed E-state index contributed by atoms with van der Waals surface area (Å²) in [5.41, 5.74) is -0.0469. The van der Waals surface area contributed by atoms with Crippen molar-refractivity contribution in [2.45, 2.75) is 40.0 Å². The average Bonchev–Trinajstić information content (AvgIpc) is 2.57. The fourth-order valence-corrected chi connectivity index (χ4v) is 2.27. The van der Waals surface area contributed by atoms with Crippen molar-refractivity contribution >= 4 is 17.9 Å². The Bertz CT molecular complexity index is 357. The Morgan fingerprint density at radius 2 is 2.00 bits per heavy atom. The Balaban J connectivity index is 2.55. The number of hydrogen-bond acceptors (Lipinski definition) is 3. The number of nitrogens with zero attached hydrogens (tertiary/aromatic N) is 1. The molecule has 0 aromatic carbocycles. The predicted octanol–water partition coefficient (Wildman–Crippen LogP) is 1.46. The van der Waals surface area contributed by atoms with Gasteiger partial charge < -0.3 is 10.4 Å². The molecule has 1 heterocycles. The smallest absolute Gasteiger partial charge is 0.324 e. The zero-order valence-electron chi connectivity index (χ0n) is 11.7. The minimum absolute atomic E-state index is 0.0469. The summed E-state index contributed by atoms with van der Waals surface area (Å²) in [6.07, 6.45) is 1.31. The molecule has 0 radical (unpaired) electrons. The van der Waals surface area contributed by atoms with Crippen LogP contribution in [0.1, 0.15) is 40.0 Å². The molecule has 0 aromatic rings. The summed E-state index contributed by atoms with van der Waals surface area (Å²) in [6.45, 7) is 6.56. The van der Waals surface area contributed by atoms with E-state index in [0.717, 1.165) is 0 Å². The van der Waals surface area contributed by atoms with Crippen LogP contribution in [0.4, 0.5) is 4.79 Å². The number of carboxylic acid groups (broad SMARTS) is 1. The normalized spacial score (nSPS) is 17.5. The van der Waals surface area contributed by atoms with Crippen molar-refractivity contribution in [3.05, 3.63) is 0 Å². The van der Waals surface area contributed by atoms with Gasteiger partial charge in [-0.05, 0) is 24.2 Å². The molecule has 0 aromatic heterocycles. The van der Waals surface area contributed by atoms with Gasteiger partial charge in [-0.2, -0.15) is 0 Å². The Morgan fingerprint density at radius 3 is 2.42 bits per heavy atom. The van der Waals surface area contributed by atoms with E-state index in [1.807, 2.05) is 20.8 Å². The van der Waals surface area contributed by atoms with Crippen molar-refractivity contribution in [2.24, 2.45) is 11.3 Å². The molecule has 0 spiro atoms. The summed E-state index contributed by atoms with van der Waals surface area (Å²) in [7, 11) is 0. The minimum atomic E-state index is -0.816. The first kappa shape index (κ1) is 15.5. The SMILES string of the molecule is CC(C)(C)C(CCC(=O)O)CCN1C(=O)CNC1=O. The van der Waals surface area contributed by atoms with E-state index in [4.69, 9.17) is 5.11 Å². The number of carbonyl (C=O) groups is 3. The van der Waals surface area contributed by atoms with Crippen LogP contribution in [0.5, 0.6) is 0 Å². The number of amides is 3. The second-order valence-corrected chi connectivity index (χ2v) is 5.99. The van der Waals surface area contributed by atoms with Gasteiger partial charge in [-0.1, -0.05) is 20.8 Å². The molecule has 1 aliphatic heterocycles. The summed E-state index contributed by atoms with van der Waals surface area (Å²) in [5.74, 6) is -0.870. The maximum atomic E-state index is 11.5. The van der Waals surface area contributed by atoms with Gasteiger partial charge in [0.15, 0.2) is 0 Å². The van der Waals surface area contributed by atoms with Crippen LogP contribution in [0.15, 0.2) is 0 Å². The van der Waals surface area contributed by atoms with Crippen LogP contribution in [0.2, 0.25) is 0 Å². The quantitative estimate of drug-likeness (QED) is 0.715. The second-order valence-electron chi connectivity index (χ2n) is 5.99. The summed E-state index contributed by atoms with van der Waals surface area (Å²) in [5, 5.41) is 11.2. The van der Waals surface area contributed by atoms with E-state index >= 15 is 0 Å². The molecule has 1 atom stereocenters. The zero-order chi connectivity index (χ0) is 14.6. The molecule has 0 bridgehead atoms. The topological polar surface area (TPSA) is 86.7 Å². The largest absolute Gasteiger partial charge is 0.481 e. The van der Waals surface area contributed by atoms with Crippen molar-refractivity contribution in [1.82, 2.24) is 10.2 Å². The van der Waals surface area contributed by atoms with Gasteiger partial charge in [-0.3, -0.25) is 14.5 Å². The van der Waals surface area contributed by atoms with Crippen LogP contribution in [-0.2, 0) is 9.59 Å². The Hall–Kier alpha value is -1.59.